The quantitative estimate of drug-likeness (QED) is 0.364. The number of piperidine rings is 1. The van der Waals surface area contributed by atoms with Crippen molar-refractivity contribution >= 4 is 18.0 Å². The van der Waals surface area contributed by atoms with Crippen molar-refractivity contribution in [2.24, 2.45) is 11.8 Å². The summed E-state index contributed by atoms with van der Waals surface area (Å²) in [5.74, 6) is -0.188. The maximum atomic E-state index is 12.3. The van der Waals surface area contributed by atoms with Crippen LogP contribution in [-0.4, -0.2) is 70.6 Å². The zero-order valence-corrected chi connectivity index (χ0v) is 14.5. The normalized spacial score (nSPS) is 30.0. The van der Waals surface area contributed by atoms with E-state index in [1.165, 1.54) is 4.90 Å². The van der Waals surface area contributed by atoms with E-state index in [-0.39, 0.29) is 31.0 Å². The van der Waals surface area contributed by atoms with Crippen molar-refractivity contribution in [3.05, 3.63) is 0 Å². The molecular weight excluding hydrogens is 332 g/mol. The minimum absolute atomic E-state index is 0.0586. The highest BCUT2D eigenvalue weighted by atomic mass is 16.7. The van der Waals surface area contributed by atoms with Crippen molar-refractivity contribution in [3.8, 4) is 0 Å². The molecular formula is C15H24N4O6. The van der Waals surface area contributed by atoms with Crippen LogP contribution in [0.5, 0.6) is 0 Å². The number of carbonyl (C=O) groups excluding carboxylic acids is 3. The van der Waals surface area contributed by atoms with Gasteiger partial charge >= 0.3 is 12.1 Å². The molecule has 0 unspecified atom stereocenters. The zero-order valence-electron chi connectivity index (χ0n) is 14.5. The van der Waals surface area contributed by atoms with Gasteiger partial charge in [0.2, 0.25) is 0 Å². The summed E-state index contributed by atoms with van der Waals surface area (Å²) in [4.78, 5) is 42.2. The van der Waals surface area contributed by atoms with E-state index in [1.54, 1.807) is 20.8 Å². The number of hydrogen-bond donors (Lipinski definition) is 3. The third kappa shape index (κ3) is 3.64. The first-order valence-electron chi connectivity index (χ1n) is 8.36. The number of hydroxylamine groups is 3. The molecule has 2 bridgehead atoms. The van der Waals surface area contributed by atoms with Gasteiger partial charge in [0.15, 0.2) is 0 Å². The highest BCUT2D eigenvalue weighted by Gasteiger charge is 2.63. The lowest BCUT2D eigenvalue weighted by molar-refractivity contribution is -0.139. The van der Waals surface area contributed by atoms with Crippen molar-refractivity contribution < 1.29 is 29.2 Å². The van der Waals surface area contributed by atoms with Gasteiger partial charge in [-0.25, -0.2) is 20.1 Å². The van der Waals surface area contributed by atoms with E-state index in [4.69, 9.17) is 9.57 Å². The van der Waals surface area contributed by atoms with Gasteiger partial charge in [0.05, 0.1) is 12.6 Å². The number of nitrogens with one attached hydrogen (secondary N) is 2. The number of fused-ring (bicyclic) bond motifs is 4. The zero-order chi connectivity index (χ0) is 18.4. The Bertz CT molecular complexity index is 577. The molecule has 2 heterocycles. The second-order valence-corrected chi connectivity index (χ2v) is 7.60. The monoisotopic (exact) mass is 356 g/mol. The van der Waals surface area contributed by atoms with Gasteiger partial charge in [0, 0.05) is 13.1 Å². The van der Waals surface area contributed by atoms with E-state index in [1.807, 2.05) is 0 Å². The van der Waals surface area contributed by atoms with Crippen molar-refractivity contribution in [3.63, 3.8) is 0 Å². The molecule has 0 aromatic carbocycles. The Hall–Kier alpha value is -2.07. The van der Waals surface area contributed by atoms with E-state index >= 15 is 0 Å². The molecule has 0 radical (unpaired) electrons. The molecule has 0 spiro atoms. The standard InChI is InChI=1S/C15H24N4O6/c1-15(2,3)25-13(21)16-4-5-24-17-12(20)11-9-6-8(9)10-7-18(11)14(22)19(10)23/h8-11,23H,4-7H2,1-3H3,(H,16,21)(H,17,20)/t8-,9+,10-,11-/m0/s1. The number of carbonyl (C=O) groups is 3. The molecule has 2 aliphatic heterocycles. The summed E-state index contributed by atoms with van der Waals surface area (Å²) in [7, 11) is 0. The lowest BCUT2D eigenvalue weighted by atomic mass is 10.0. The van der Waals surface area contributed by atoms with Crippen LogP contribution in [0.25, 0.3) is 0 Å². The molecule has 25 heavy (non-hydrogen) atoms. The molecule has 140 valence electrons. The van der Waals surface area contributed by atoms with Gasteiger partial charge in [-0.05, 0) is 39.0 Å². The van der Waals surface area contributed by atoms with Gasteiger partial charge in [0.25, 0.3) is 5.91 Å². The van der Waals surface area contributed by atoms with Gasteiger partial charge < -0.3 is 15.0 Å². The Morgan fingerprint density at radius 1 is 1.32 bits per heavy atom. The average Bonchev–Trinajstić information content (AvgIpc) is 3.25. The van der Waals surface area contributed by atoms with E-state index in [0.717, 1.165) is 11.5 Å². The Labute approximate surface area is 145 Å². The Kier molecular flexibility index (Phi) is 4.50. The van der Waals surface area contributed by atoms with Crippen LogP contribution in [-0.2, 0) is 14.4 Å². The number of nitrogens with zero attached hydrogens (tertiary/aromatic N) is 2. The number of amides is 4. The maximum absolute atomic E-state index is 12.3. The van der Waals surface area contributed by atoms with E-state index < -0.39 is 29.7 Å². The average molecular weight is 356 g/mol. The second-order valence-electron chi connectivity index (χ2n) is 7.60. The van der Waals surface area contributed by atoms with Crippen LogP contribution in [0.15, 0.2) is 0 Å². The lowest BCUT2D eigenvalue weighted by Crippen LogP contribution is -2.51. The fourth-order valence-corrected chi connectivity index (χ4v) is 3.49. The molecule has 2 saturated heterocycles. The van der Waals surface area contributed by atoms with E-state index in [2.05, 4.69) is 10.8 Å². The predicted octanol–water partition coefficient (Wildman–Crippen LogP) is 0.0726. The van der Waals surface area contributed by atoms with Gasteiger partial charge in [-0.2, -0.15) is 0 Å². The maximum Gasteiger partial charge on any atom is 0.407 e. The Morgan fingerprint density at radius 2 is 2.04 bits per heavy atom. The summed E-state index contributed by atoms with van der Waals surface area (Å²) in [6.07, 6.45) is 0.247. The molecule has 10 nitrogen and oxygen atoms in total. The molecule has 10 heteroatoms. The molecule has 3 fully saturated rings. The minimum atomic E-state index is -0.621. The highest BCUT2D eigenvalue weighted by molar-refractivity contribution is 5.89. The molecule has 3 N–H and O–H groups in total. The topological polar surface area (TPSA) is 120 Å². The Balaban J connectivity index is 1.39. The van der Waals surface area contributed by atoms with Crippen LogP contribution in [0.1, 0.15) is 27.2 Å². The molecule has 0 aromatic rings. The SMILES string of the molecule is CC(C)(C)OC(=O)NCCONC(=O)[C@@H]1[C@@H]2C[C@@H]2[C@@H]2CN1C(=O)N2O. The van der Waals surface area contributed by atoms with Crippen LogP contribution >= 0.6 is 0 Å². The summed E-state index contributed by atoms with van der Waals surface area (Å²) in [5.41, 5.74) is 1.74. The molecule has 4 atom stereocenters. The van der Waals surface area contributed by atoms with Crippen LogP contribution in [0.3, 0.4) is 0 Å². The smallest absolute Gasteiger partial charge is 0.407 e. The first kappa shape index (κ1) is 17.7. The number of ether oxygens (including phenoxy) is 1. The summed E-state index contributed by atoms with van der Waals surface area (Å²) in [6.45, 7) is 5.87. The largest absolute Gasteiger partial charge is 0.444 e. The van der Waals surface area contributed by atoms with Crippen LogP contribution in [0, 0.1) is 11.8 Å². The van der Waals surface area contributed by atoms with Gasteiger partial charge in [-0.3, -0.25) is 14.8 Å². The highest BCUT2D eigenvalue weighted by Crippen LogP contribution is 2.53. The molecule has 1 saturated carbocycles. The summed E-state index contributed by atoms with van der Waals surface area (Å²) < 4.78 is 5.07. The molecule has 3 aliphatic rings. The van der Waals surface area contributed by atoms with Gasteiger partial charge in [0.1, 0.15) is 11.6 Å². The molecule has 3 rings (SSSR count). The minimum Gasteiger partial charge on any atom is -0.444 e. The van der Waals surface area contributed by atoms with Crippen molar-refractivity contribution in [2.45, 2.75) is 44.9 Å². The number of rotatable bonds is 5. The molecule has 4 amide bonds. The van der Waals surface area contributed by atoms with Crippen LogP contribution in [0.2, 0.25) is 0 Å². The van der Waals surface area contributed by atoms with E-state index in [9.17, 15) is 19.6 Å². The number of hydrogen-bond acceptors (Lipinski definition) is 6. The second kappa shape index (κ2) is 6.34. The van der Waals surface area contributed by atoms with Crippen LogP contribution in [0.4, 0.5) is 9.59 Å². The van der Waals surface area contributed by atoms with Gasteiger partial charge in [-0.1, -0.05) is 0 Å². The van der Waals surface area contributed by atoms with E-state index in [0.29, 0.717) is 6.54 Å². The molecule has 1 aliphatic carbocycles. The first-order chi connectivity index (χ1) is 11.7. The summed E-state index contributed by atoms with van der Waals surface area (Å²) in [5, 5.41) is 13.0. The first-order valence-corrected chi connectivity index (χ1v) is 8.36. The van der Waals surface area contributed by atoms with Gasteiger partial charge in [-0.15, -0.1) is 0 Å². The predicted molar refractivity (Wildman–Crippen MR) is 83.2 cm³/mol. The van der Waals surface area contributed by atoms with Crippen molar-refractivity contribution in [1.82, 2.24) is 20.8 Å². The third-order valence-corrected chi connectivity index (χ3v) is 4.58. The van der Waals surface area contributed by atoms with Crippen LogP contribution < -0.4 is 10.8 Å². The van der Waals surface area contributed by atoms with Crippen molar-refractivity contribution in [1.29, 1.82) is 0 Å². The third-order valence-electron chi connectivity index (χ3n) is 4.58. The summed E-state index contributed by atoms with van der Waals surface area (Å²) in [6, 6.07) is -1.37. The number of urea groups is 1. The van der Waals surface area contributed by atoms with Crippen molar-refractivity contribution in [2.75, 3.05) is 19.7 Å². The Morgan fingerprint density at radius 3 is 2.72 bits per heavy atom. The fourth-order valence-electron chi connectivity index (χ4n) is 3.49. The fraction of sp³-hybridized carbons (Fsp3) is 0.800. The lowest BCUT2D eigenvalue weighted by Gasteiger charge is -2.28. The molecule has 0 aromatic heterocycles. The summed E-state index contributed by atoms with van der Waals surface area (Å²) >= 11 is 0. The number of alkyl carbamates (subject to hydrolysis) is 1.